The topological polar surface area (TPSA) is 66.9 Å². The molecule has 0 aliphatic carbocycles. The molecule has 6 nitrogen and oxygen atoms in total. The Kier molecular flexibility index (Phi) is 5.78. The van der Waals surface area contributed by atoms with Crippen LogP contribution in [0.1, 0.15) is 6.42 Å². The maximum absolute atomic E-state index is 12.4. The van der Waals surface area contributed by atoms with Gasteiger partial charge in [0.25, 0.3) is 0 Å². The summed E-state index contributed by atoms with van der Waals surface area (Å²) >= 11 is 1.49. The van der Waals surface area contributed by atoms with Crippen molar-refractivity contribution in [2.24, 2.45) is 0 Å². The van der Waals surface area contributed by atoms with E-state index in [2.05, 4.69) is 4.90 Å². The number of sulfone groups is 1. The molecule has 138 valence electrons. The Morgan fingerprint density at radius 2 is 1.96 bits per heavy atom. The fraction of sp³-hybridized carbons (Fsp3) is 0.588. The predicted molar refractivity (Wildman–Crippen MR) is 101 cm³/mol. The molecule has 1 aromatic rings. The molecular weight excluding hydrogens is 360 g/mol. The normalized spacial score (nSPS) is 22.8. The SMILES string of the molecule is COc1ccccc1N1CCN(C(=O)CS[C@H]2CCS(=O)(=O)C2)CC1. The summed E-state index contributed by atoms with van der Waals surface area (Å²) in [5.74, 6) is 1.80. The highest BCUT2D eigenvalue weighted by Gasteiger charge is 2.29. The molecule has 1 atom stereocenters. The number of ether oxygens (including phenoxy) is 1. The Hall–Kier alpha value is -1.41. The monoisotopic (exact) mass is 384 g/mol. The van der Waals surface area contributed by atoms with Crippen molar-refractivity contribution >= 4 is 33.2 Å². The standard InChI is InChI=1S/C17H24N2O4S2/c1-23-16-5-3-2-4-15(16)18-7-9-19(10-8-18)17(20)12-24-14-6-11-25(21,22)13-14/h2-5,14H,6-13H2,1H3/t14-/m0/s1. The number of anilines is 1. The van der Waals surface area contributed by atoms with Crippen LogP contribution in [-0.2, 0) is 14.6 Å². The van der Waals surface area contributed by atoms with Gasteiger partial charge in [0.15, 0.2) is 9.84 Å². The Labute approximate surface area is 153 Å². The summed E-state index contributed by atoms with van der Waals surface area (Å²) in [7, 11) is -1.21. The third kappa shape index (κ3) is 4.61. The molecule has 8 heteroatoms. The van der Waals surface area contributed by atoms with Crippen LogP contribution in [0.5, 0.6) is 5.75 Å². The summed E-state index contributed by atoms with van der Waals surface area (Å²) in [4.78, 5) is 16.5. The molecule has 2 aliphatic heterocycles. The van der Waals surface area contributed by atoms with Crippen LogP contribution in [0.15, 0.2) is 24.3 Å². The van der Waals surface area contributed by atoms with Gasteiger partial charge in [-0.25, -0.2) is 8.42 Å². The van der Waals surface area contributed by atoms with Gasteiger partial charge in [-0.1, -0.05) is 12.1 Å². The number of carbonyl (C=O) groups is 1. The van der Waals surface area contributed by atoms with E-state index in [1.165, 1.54) is 11.8 Å². The molecule has 25 heavy (non-hydrogen) atoms. The van der Waals surface area contributed by atoms with Crippen molar-refractivity contribution < 1.29 is 17.9 Å². The lowest BCUT2D eigenvalue weighted by molar-refractivity contribution is -0.128. The smallest absolute Gasteiger partial charge is 0.232 e. The molecule has 2 saturated heterocycles. The van der Waals surface area contributed by atoms with Crippen molar-refractivity contribution in [3.8, 4) is 5.75 Å². The number of amides is 1. The van der Waals surface area contributed by atoms with Gasteiger partial charge < -0.3 is 14.5 Å². The van der Waals surface area contributed by atoms with Crippen LogP contribution >= 0.6 is 11.8 Å². The molecule has 0 saturated carbocycles. The van der Waals surface area contributed by atoms with E-state index in [-0.39, 0.29) is 22.7 Å². The summed E-state index contributed by atoms with van der Waals surface area (Å²) < 4.78 is 28.4. The number of methoxy groups -OCH3 is 1. The highest BCUT2D eigenvalue weighted by molar-refractivity contribution is 8.02. The van der Waals surface area contributed by atoms with Crippen molar-refractivity contribution in [2.75, 3.05) is 55.4 Å². The van der Waals surface area contributed by atoms with Gasteiger partial charge in [0.05, 0.1) is 30.1 Å². The van der Waals surface area contributed by atoms with Gasteiger partial charge >= 0.3 is 0 Å². The minimum Gasteiger partial charge on any atom is -0.495 e. The molecule has 0 radical (unpaired) electrons. The second kappa shape index (κ2) is 7.86. The summed E-state index contributed by atoms with van der Waals surface area (Å²) in [6.07, 6.45) is 0.669. The van der Waals surface area contributed by atoms with Crippen molar-refractivity contribution in [1.82, 2.24) is 4.90 Å². The van der Waals surface area contributed by atoms with Gasteiger partial charge in [-0.15, -0.1) is 11.8 Å². The predicted octanol–water partition coefficient (Wildman–Crippen LogP) is 1.26. The van der Waals surface area contributed by atoms with Gasteiger partial charge in [-0.2, -0.15) is 0 Å². The number of thioether (sulfide) groups is 1. The van der Waals surface area contributed by atoms with Gasteiger partial charge in [0.1, 0.15) is 5.75 Å². The maximum atomic E-state index is 12.4. The van der Waals surface area contributed by atoms with Gasteiger partial charge in [0, 0.05) is 31.4 Å². The third-order valence-corrected chi connectivity index (χ3v) is 7.96. The second-order valence-electron chi connectivity index (χ2n) is 6.38. The first kappa shape index (κ1) is 18.4. The van der Waals surface area contributed by atoms with E-state index in [4.69, 9.17) is 4.74 Å². The summed E-state index contributed by atoms with van der Waals surface area (Å²) in [6.45, 7) is 2.91. The number of para-hydroxylation sites is 2. The second-order valence-corrected chi connectivity index (χ2v) is 9.89. The van der Waals surface area contributed by atoms with E-state index in [1.807, 2.05) is 29.2 Å². The number of benzene rings is 1. The highest BCUT2D eigenvalue weighted by Crippen LogP contribution is 2.29. The molecule has 2 aliphatic rings. The van der Waals surface area contributed by atoms with Crippen molar-refractivity contribution in [3.63, 3.8) is 0 Å². The molecule has 2 fully saturated rings. The zero-order valence-corrected chi connectivity index (χ0v) is 16.0. The van der Waals surface area contributed by atoms with Crippen LogP contribution in [-0.4, -0.2) is 75.0 Å². The average Bonchev–Trinajstić information content (AvgIpc) is 2.98. The van der Waals surface area contributed by atoms with Gasteiger partial charge in [-0.3, -0.25) is 4.79 Å². The summed E-state index contributed by atoms with van der Waals surface area (Å²) in [6, 6.07) is 7.91. The minimum absolute atomic E-state index is 0.0730. The quantitative estimate of drug-likeness (QED) is 0.762. The number of hydrogen-bond acceptors (Lipinski definition) is 6. The Morgan fingerprint density at radius 1 is 1.24 bits per heavy atom. The molecule has 3 rings (SSSR count). The lowest BCUT2D eigenvalue weighted by atomic mass is 10.2. The number of piperazine rings is 1. The zero-order valence-electron chi connectivity index (χ0n) is 14.4. The molecule has 0 bridgehead atoms. The number of hydrogen-bond donors (Lipinski definition) is 0. The highest BCUT2D eigenvalue weighted by atomic mass is 32.2. The minimum atomic E-state index is -2.88. The summed E-state index contributed by atoms with van der Waals surface area (Å²) in [5, 5.41) is 0.0730. The van der Waals surface area contributed by atoms with Gasteiger partial charge in [0.2, 0.25) is 5.91 Å². The van der Waals surface area contributed by atoms with Crippen molar-refractivity contribution in [2.45, 2.75) is 11.7 Å². The Morgan fingerprint density at radius 3 is 2.60 bits per heavy atom. The Bertz CT molecular complexity index is 715. The third-order valence-electron chi connectivity index (χ3n) is 4.69. The largest absolute Gasteiger partial charge is 0.495 e. The van der Waals surface area contributed by atoms with Crippen LogP contribution in [0.3, 0.4) is 0 Å². The molecule has 0 unspecified atom stereocenters. The zero-order chi connectivity index (χ0) is 17.9. The molecule has 1 aromatic carbocycles. The summed E-state index contributed by atoms with van der Waals surface area (Å²) in [5.41, 5.74) is 1.06. The van der Waals surface area contributed by atoms with E-state index in [9.17, 15) is 13.2 Å². The first-order valence-corrected chi connectivity index (χ1v) is 11.3. The first-order chi connectivity index (χ1) is 12.0. The van der Waals surface area contributed by atoms with E-state index < -0.39 is 9.84 Å². The number of nitrogens with zero attached hydrogens (tertiary/aromatic N) is 2. The fourth-order valence-electron chi connectivity index (χ4n) is 3.26. The van der Waals surface area contributed by atoms with Crippen LogP contribution < -0.4 is 9.64 Å². The van der Waals surface area contributed by atoms with E-state index in [0.29, 0.717) is 25.3 Å². The molecular formula is C17H24N2O4S2. The molecule has 2 heterocycles. The molecule has 0 spiro atoms. The van der Waals surface area contributed by atoms with Crippen LogP contribution in [0.4, 0.5) is 5.69 Å². The number of carbonyl (C=O) groups excluding carboxylic acids is 1. The van der Waals surface area contributed by atoms with Crippen molar-refractivity contribution in [1.29, 1.82) is 0 Å². The molecule has 0 N–H and O–H groups in total. The van der Waals surface area contributed by atoms with Gasteiger partial charge in [-0.05, 0) is 18.6 Å². The lowest BCUT2D eigenvalue weighted by Crippen LogP contribution is -2.49. The van der Waals surface area contributed by atoms with E-state index in [0.717, 1.165) is 24.5 Å². The van der Waals surface area contributed by atoms with Crippen LogP contribution in [0.2, 0.25) is 0 Å². The molecule has 0 aromatic heterocycles. The van der Waals surface area contributed by atoms with E-state index >= 15 is 0 Å². The van der Waals surface area contributed by atoms with Crippen molar-refractivity contribution in [3.05, 3.63) is 24.3 Å². The fourth-order valence-corrected chi connectivity index (χ4v) is 6.81. The van der Waals surface area contributed by atoms with Crippen LogP contribution in [0, 0.1) is 0 Å². The molecule has 1 amide bonds. The maximum Gasteiger partial charge on any atom is 0.232 e. The van der Waals surface area contributed by atoms with E-state index in [1.54, 1.807) is 7.11 Å². The Balaban J connectivity index is 1.48. The average molecular weight is 385 g/mol. The first-order valence-electron chi connectivity index (χ1n) is 8.46. The van der Waals surface area contributed by atoms with Crippen LogP contribution in [0.25, 0.3) is 0 Å². The lowest BCUT2D eigenvalue weighted by Gasteiger charge is -2.36. The number of rotatable bonds is 5.